The number of hydrogen-bond donors (Lipinski definition) is 1. The molecule has 2 heteroatoms. The first-order valence-electron chi connectivity index (χ1n) is 6.23. The van der Waals surface area contributed by atoms with Gasteiger partial charge in [-0.2, -0.15) is 0 Å². The lowest BCUT2D eigenvalue weighted by Crippen LogP contribution is -2.25. The number of aliphatic hydroxyl groups excluding tert-OH is 1. The molecule has 1 fully saturated rings. The Kier molecular flexibility index (Phi) is 3.83. The van der Waals surface area contributed by atoms with Crippen molar-refractivity contribution in [2.24, 2.45) is 0 Å². The zero-order valence-electron chi connectivity index (χ0n) is 9.86. The summed E-state index contributed by atoms with van der Waals surface area (Å²) in [4.78, 5) is 0. The molecule has 0 unspecified atom stereocenters. The van der Waals surface area contributed by atoms with Gasteiger partial charge in [0, 0.05) is 0 Å². The zero-order chi connectivity index (χ0) is 11.4. The summed E-state index contributed by atoms with van der Waals surface area (Å²) in [6.45, 7) is 2.18. The maximum absolute atomic E-state index is 9.66. The van der Waals surface area contributed by atoms with Crippen molar-refractivity contribution in [1.82, 2.24) is 0 Å². The first kappa shape index (κ1) is 11.5. The molecule has 0 heterocycles. The molecule has 0 amide bonds. The van der Waals surface area contributed by atoms with E-state index < -0.39 is 0 Å². The minimum absolute atomic E-state index is 0.00275. The fourth-order valence-electron chi connectivity index (χ4n) is 2.24. The molecule has 1 N–H and O–H groups in total. The van der Waals surface area contributed by atoms with E-state index in [0.717, 1.165) is 31.4 Å². The van der Waals surface area contributed by atoms with E-state index in [2.05, 4.69) is 19.1 Å². The molecule has 2 atom stereocenters. The van der Waals surface area contributed by atoms with Crippen LogP contribution in [0.3, 0.4) is 0 Å². The summed E-state index contributed by atoms with van der Waals surface area (Å²) in [6.07, 6.45) is 4.91. The van der Waals surface area contributed by atoms with Gasteiger partial charge in [-0.15, -0.1) is 0 Å². The molecule has 1 aromatic carbocycles. The highest BCUT2D eigenvalue weighted by Crippen LogP contribution is 2.24. The molecule has 0 aliphatic heterocycles. The van der Waals surface area contributed by atoms with Crippen LogP contribution in [0, 0.1) is 0 Å². The number of hydrogen-bond acceptors (Lipinski definition) is 2. The van der Waals surface area contributed by atoms with Crippen molar-refractivity contribution in [2.75, 3.05) is 0 Å². The Balaban J connectivity index is 1.94. The standard InChI is InChI=1S/C14H20O2/c1-2-4-11-7-9-12(10-8-11)16-14-6-3-5-13(14)15/h7-10,13-15H,2-6H2,1H3/t13-,14-/m0/s1. The predicted octanol–water partition coefficient (Wildman–Crippen LogP) is 2.93. The summed E-state index contributed by atoms with van der Waals surface area (Å²) in [5, 5.41) is 9.66. The van der Waals surface area contributed by atoms with Gasteiger partial charge < -0.3 is 9.84 Å². The fourth-order valence-corrected chi connectivity index (χ4v) is 2.24. The van der Waals surface area contributed by atoms with Crippen molar-refractivity contribution in [2.45, 2.75) is 51.2 Å². The van der Waals surface area contributed by atoms with Gasteiger partial charge in [0.1, 0.15) is 11.9 Å². The van der Waals surface area contributed by atoms with Crippen LogP contribution >= 0.6 is 0 Å². The van der Waals surface area contributed by atoms with Gasteiger partial charge in [0.2, 0.25) is 0 Å². The van der Waals surface area contributed by atoms with Crippen LogP contribution in [0.25, 0.3) is 0 Å². The summed E-state index contributed by atoms with van der Waals surface area (Å²) in [7, 11) is 0. The highest BCUT2D eigenvalue weighted by Gasteiger charge is 2.26. The van der Waals surface area contributed by atoms with Crippen molar-refractivity contribution in [3.8, 4) is 5.75 Å². The predicted molar refractivity (Wildman–Crippen MR) is 64.7 cm³/mol. The van der Waals surface area contributed by atoms with Gasteiger partial charge in [0.15, 0.2) is 0 Å². The molecule has 1 aromatic rings. The van der Waals surface area contributed by atoms with Gasteiger partial charge in [-0.25, -0.2) is 0 Å². The average Bonchev–Trinajstić information content (AvgIpc) is 2.68. The molecule has 16 heavy (non-hydrogen) atoms. The van der Waals surface area contributed by atoms with Crippen LogP contribution in [0.5, 0.6) is 5.75 Å². The molecule has 2 rings (SSSR count). The Labute approximate surface area is 97.3 Å². The van der Waals surface area contributed by atoms with Crippen LogP contribution in [0.4, 0.5) is 0 Å². The topological polar surface area (TPSA) is 29.5 Å². The van der Waals surface area contributed by atoms with Gasteiger partial charge in [0.05, 0.1) is 6.10 Å². The highest BCUT2D eigenvalue weighted by atomic mass is 16.5. The second kappa shape index (κ2) is 5.35. The Morgan fingerprint density at radius 3 is 2.56 bits per heavy atom. The van der Waals surface area contributed by atoms with Crippen LogP contribution < -0.4 is 4.74 Å². The van der Waals surface area contributed by atoms with E-state index in [0.29, 0.717) is 0 Å². The van der Waals surface area contributed by atoms with Crippen molar-refractivity contribution in [1.29, 1.82) is 0 Å². The van der Waals surface area contributed by atoms with Crippen LogP contribution in [0.1, 0.15) is 38.2 Å². The molecule has 0 saturated heterocycles. The number of ether oxygens (including phenoxy) is 1. The molecule has 0 radical (unpaired) electrons. The number of aryl methyl sites for hydroxylation is 1. The fraction of sp³-hybridized carbons (Fsp3) is 0.571. The summed E-state index contributed by atoms with van der Waals surface area (Å²) in [6, 6.07) is 8.24. The minimum Gasteiger partial charge on any atom is -0.488 e. The van der Waals surface area contributed by atoms with E-state index in [1.165, 1.54) is 12.0 Å². The van der Waals surface area contributed by atoms with Gasteiger partial charge >= 0.3 is 0 Å². The van der Waals surface area contributed by atoms with Crippen LogP contribution in [-0.4, -0.2) is 17.3 Å². The van der Waals surface area contributed by atoms with E-state index in [-0.39, 0.29) is 12.2 Å². The minimum atomic E-state index is -0.282. The Hall–Kier alpha value is -1.02. The Morgan fingerprint density at radius 2 is 2.00 bits per heavy atom. The lowest BCUT2D eigenvalue weighted by atomic mass is 10.1. The van der Waals surface area contributed by atoms with E-state index in [9.17, 15) is 5.11 Å². The van der Waals surface area contributed by atoms with Crippen molar-refractivity contribution in [3.05, 3.63) is 29.8 Å². The van der Waals surface area contributed by atoms with Gasteiger partial charge in [-0.1, -0.05) is 25.5 Å². The molecule has 1 aliphatic rings. The molecular weight excluding hydrogens is 200 g/mol. The second-order valence-corrected chi connectivity index (χ2v) is 4.55. The number of benzene rings is 1. The highest BCUT2D eigenvalue weighted by molar-refractivity contribution is 5.27. The second-order valence-electron chi connectivity index (χ2n) is 4.55. The number of rotatable bonds is 4. The molecule has 0 bridgehead atoms. The summed E-state index contributed by atoms with van der Waals surface area (Å²) in [5.74, 6) is 0.880. The van der Waals surface area contributed by atoms with E-state index in [4.69, 9.17) is 4.74 Å². The molecule has 1 aliphatic carbocycles. The van der Waals surface area contributed by atoms with Gasteiger partial charge in [-0.05, 0) is 43.4 Å². The molecule has 88 valence electrons. The number of aliphatic hydroxyl groups is 1. The van der Waals surface area contributed by atoms with Crippen molar-refractivity contribution >= 4 is 0 Å². The first-order chi connectivity index (χ1) is 7.79. The monoisotopic (exact) mass is 220 g/mol. The normalized spacial score (nSPS) is 24.6. The summed E-state index contributed by atoms with van der Waals surface area (Å²) >= 11 is 0. The third-order valence-corrected chi connectivity index (χ3v) is 3.17. The van der Waals surface area contributed by atoms with Crippen LogP contribution in [-0.2, 0) is 6.42 Å². The Morgan fingerprint density at radius 1 is 1.25 bits per heavy atom. The molecule has 0 aromatic heterocycles. The van der Waals surface area contributed by atoms with Crippen molar-refractivity contribution < 1.29 is 9.84 Å². The maximum Gasteiger partial charge on any atom is 0.124 e. The Bertz CT molecular complexity index is 318. The lowest BCUT2D eigenvalue weighted by Gasteiger charge is -2.17. The van der Waals surface area contributed by atoms with Crippen LogP contribution in [0.2, 0.25) is 0 Å². The third-order valence-electron chi connectivity index (χ3n) is 3.17. The van der Waals surface area contributed by atoms with Gasteiger partial charge in [0.25, 0.3) is 0 Å². The SMILES string of the molecule is CCCc1ccc(O[C@H]2CCC[C@@H]2O)cc1. The first-order valence-corrected chi connectivity index (χ1v) is 6.23. The van der Waals surface area contributed by atoms with Crippen LogP contribution in [0.15, 0.2) is 24.3 Å². The van der Waals surface area contributed by atoms with Gasteiger partial charge in [-0.3, -0.25) is 0 Å². The average molecular weight is 220 g/mol. The molecule has 0 spiro atoms. The summed E-state index contributed by atoms with van der Waals surface area (Å²) < 4.78 is 5.77. The summed E-state index contributed by atoms with van der Waals surface area (Å²) in [5.41, 5.74) is 1.35. The zero-order valence-corrected chi connectivity index (χ0v) is 9.86. The largest absolute Gasteiger partial charge is 0.488 e. The van der Waals surface area contributed by atoms with E-state index in [1.54, 1.807) is 0 Å². The quantitative estimate of drug-likeness (QED) is 0.845. The molecular formula is C14H20O2. The maximum atomic E-state index is 9.66. The van der Waals surface area contributed by atoms with E-state index >= 15 is 0 Å². The molecule has 1 saturated carbocycles. The van der Waals surface area contributed by atoms with E-state index in [1.807, 2.05) is 12.1 Å². The van der Waals surface area contributed by atoms with Crippen molar-refractivity contribution in [3.63, 3.8) is 0 Å². The smallest absolute Gasteiger partial charge is 0.124 e. The third kappa shape index (κ3) is 2.76. The molecule has 2 nitrogen and oxygen atoms in total. The lowest BCUT2D eigenvalue weighted by molar-refractivity contribution is 0.0604.